The zero-order chi connectivity index (χ0) is 26.5. The predicted molar refractivity (Wildman–Crippen MR) is 130 cm³/mol. The van der Waals surface area contributed by atoms with E-state index in [0.29, 0.717) is 13.0 Å². The van der Waals surface area contributed by atoms with Crippen LogP contribution in [0, 0.1) is 18.1 Å². The maximum absolute atomic E-state index is 12.1. The van der Waals surface area contributed by atoms with E-state index >= 15 is 0 Å². The Bertz CT molecular complexity index is 584. The van der Waals surface area contributed by atoms with Crippen LogP contribution in [0.2, 0.25) is 0 Å². The van der Waals surface area contributed by atoms with Gasteiger partial charge in [-0.15, -0.1) is 0 Å². The minimum atomic E-state index is -1.01. The van der Waals surface area contributed by atoms with Gasteiger partial charge >= 0.3 is 11.9 Å². The standard InChI is InChI=1S/C16H29O5.C10H19O3.2Y/c1-11(2)20-12(3)10-19-15(18)16(4,5)21-14-8-6-7-13(17)9-14;1-7(2)10(11)12-6-9(5)13-8(3)4;;/h12-14,17H,6-10H2,1-5H3;7,9H,6H2,1-5H3;;/q2*-1;;. The zero-order valence-electron chi connectivity index (χ0n) is 24.1. The summed E-state index contributed by atoms with van der Waals surface area (Å²) in [6, 6.07) is 0. The van der Waals surface area contributed by atoms with Crippen molar-refractivity contribution in [1.82, 2.24) is 0 Å². The van der Waals surface area contributed by atoms with Gasteiger partial charge in [-0.2, -0.15) is 27.7 Å². The van der Waals surface area contributed by atoms with Crippen LogP contribution in [-0.4, -0.2) is 60.3 Å². The molecule has 0 heterocycles. The van der Waals surface area contributed by atoms with Crippen molar-refractivity contribution in [3.05, 3.63) is 12.2 Å². The van der Waals surface area contributed by atoms with Crippen LogP contribution in [0.1, 0.15) is 94.9 Å². The van der Waals surface area contributed by atoms with Gasteiger partial charge in [0.1, 0.15) is 13.2 Å². The Morgan fingerprint density at radius 3 is 1.78 bits per heavy atom. The maximum atomic E-state index is 12.1. The molecule has 1 rings (SSSR count). The molecule has 0 aromatic heterocycles. The molecule has 4 atom stereocenters. The van der Waals surface area contributed by atoms with Crippen LogP contribution in [-0.2, 0) is 98.7 Å². The minimum absolute atomic E-state index is 0. The number of ether oxygens (including phenoxy) is 5. The summed E-state index contributed by atoms with van der Waals surface area (Å²) in [5, 5.41) is 9.66. The molecule has 0 bridgehead atoms. The molecule has 1 aliphatic rings. The first-order chi connectivity index (χ1) is 15.6. The van der Waals surface area contributed by atoms with Gasteiger partial charge in [0.15, 0.2) is 5.60 Å². The predicted octanol–water partition coefficient (Wildman–Crippen LogP) is 4.76. The molecule has 10 heteroatoms. The Balaban J connectivity index is -0.000000634. The molecule has 0 spiro atoms. The van der Waals surface area contributed by atoms with E-state index < -0.39 is 11.6 Å². The third-order valence-corrected chi connectivity index (χ3v) is 4.81. The Morgan fingerprint density at radius 2 is 1.36 bits per heavy atom. The van der Waals surface area contributed by atoms with Gasteiger partial charge < -0.3 is 28.8 Å². The topological polar surface area (TPSA) is 101 Å². The van der Waals surface area contributed by atoms with Gasteiger partial charge in [-0.05, 0) is 53.4 Å². The van der Waals surface area contributed by atoms with Crippen molar-refractivity contribution in [2.75, 3.05) is 13.2 Å². The van der Waals surface area contributed by atoms with Crippen molar-refractivity contribution in [3.63, 3.8) is 0 Å². The number of carbonyl (C=O) groups is 2. The van der Waals surface area contributed by atoms with Crippen LogP contribution in [0.4, 0.5) is 0 Å². The molecule has 1 N–H and O–H groups in total. The van der Waals surface area contributed by atoms with E-state index in [1.165, 1.54) is 0 Å². The number of hydrogen-bond donors (Lipinski definition) is 1. The summed E-state index contributed by atoms with van der Waals surface area (Å²) in [7, 11) is 0. The quantitative estimate of drug-likeness (QED) is 0.235. The Kier molecular flexibility index (Phi) is 25.1. The molecular weight excluding hydrogens is 618 g/mol. The van der Waals surface area contributed by atoms with Gasteiger partial charge in [0.05, 0.1) is 30.3 Å². The summed E-state index contributed by atoms with van der Waals surface area (Å²) in [5.74, 6) is -0.644. The molecule has 2 radical (unpaired) electrons. The summed E-state index contributed by atoms with van der Waals surface area (Å²) in [5.41, 5.74) is -1.01. The second-order valence-electron chi connectivity index (χ2n) is 10.1. The van der Waals surface area contributed by atoms with Gasteiger partial charge in [-0.1, -0.05) is 13.8 Å². The van der Waals surface area contributed by atoms with Crippen LogP contribution >= 0.6 is 0 Å². The molecule has 0 aromatic rings. The Morgan fingerprint density at radius 1 is 0.889 bits per heavy atom. The third kappa shape index (κ3) is 20.9. The van der Waals surface area contributed by atoms with Crippen molar-refractivity contribution in [2.24, 2.45) is 5.92 Å². The Hall–Kier alpha value is 0.988. The van der Waals surface area contributed by atoms with E-state index in [2.05, 4.69) is 0 Å². The van der Waals surface area contributed by atoms with Crippen molar-refractivity contribution in [3.8, 4) is 0 Å². The summed E-state index contributed by atoms with van der Waals surface area (Å²) in [6.45, 7) is 18.8. The number of hydrogen-bond acceptors (Lipinski definition) is 8. The number of esters is 2. The van der Waals surface area contributed by atoms with Gasteiger partial charge in [0, 0.05) is 65.4 Å². The largest absolute Gasteiger partial charge is 0.545 e. The number of aliphatic hydroxyl groups excluding tert-OH is 1. The van der Waals surface area contributed by atoms with E-state index in [-0.39, 0.29) is 108 Å². The van der Waals surface area contributed by atoms with E-state index in [9.17, 15) is 14.7 Å². The molecule has 208 valence electrons. The van der Waals surface area contributed by atoms with Crippen LogP contribution in [0.25, 0.3) is 0 Å². The SMILES string of the molecule is C[C-](C)OC(C)COC(=O)C(C)(C)OC1CCCC(O)C1.C[C-](C)OC(C)COC(=O)C(C)C.[Y].[Y]. The molecule has 8 nitrogen and oxygen atoms in total. The van der Waals surface area contributed by atoms with E-state index in [1.807, 2.05) is 55.4 Å². The van der Waals surface area contributed by atoms with Crippen LogP contribution in [0.5, 0.6) is 0 Å². The fraction of sp³-hybridized carbons (Fsp3) is 0.846. The van der Waals surface area contributed by atoms with Crippen LogP contribution in [0.3, 0.4) is 0 Å². The van der Waals surface area contributed by atoms with Gasteiger partial charge in [0.2, 0.25) is 0 Å². The van der Waals surface area contributed by atoms with Crippen LogP contribution < -0.4 is 0 Å². The molecule has 0 amide bonds. The van der Waals surface area contributed by atoms with E-state index in [4.69, 9.17) is 23.7 Å². The third-order valence-electron chi connectivity index (χ3n) is 4.81. The number of carbonyl (C=O) groups excluding carboxylic acids is 2. The molecule has 4 unspecified atom stereocenters. The smallest absolute Gasteiger partial charge is 0.337 e. The first kappa shape index (κ1) is 41.5. The van der Waals surface area contributed by atoms with Crippen molar-refractivity contribution >= 4 is 11.9 Å². The molecule has 1 saturated carbocycles. The minimum Gasteiger partial charge on any atom is -0.545 e. The Labute approximate surface area is 269 Å². The number of aliphatic hydroxyl groups is 1. The maximum Gasteiger partial charge on any atom is 0.337 e. The fourth-order valence-corrected chi connectivity index (χ4v) is 3.30. The molecule has 36 heavy (non-hydrogen) atoms. The molecule has 0 saturated heterocycles. The number of rotatable bonds is 12. The summed E-state index contributed by atoms with van der Waals surface area (Å²) < 4.78 is 26.9. The first-order valence-corrected chi connectivity index (χ1v) is 12.3. The molecular formula is C26H48O8Y2-2. The average Bonchev–Trinajstić information content (AvgIpc) is 2.69. The van der Waals surface area contributed by atoms with Crippen LogP contribution in [0.15, 0.2) is 0 Å². The van der Waals surface area contributed by atoms with Crippen molar-refractivity contribution in [2.45, 2.75) is 125 Å². The average molecular weight is 666 g/mol. The molecule has 1 fully saturated rings. The van der Waals surface area contributed by atoms with Gasteiger partial charge in [-0.25, -0.2) is 17.0 Å². The molecule has 0 aliphatic heterocycles. The van der Waals surface area contributed by atoms with Crippen molar-refractivity contribution in [1.29, 1.82) is 0 Å². The second-order valence-corrected chi connectivity index (χ2v) is 10.1. The second kappa shape index (κ2) is 21.8. The summed E-state index contributed by atoms with van der Waals surface area (Å²) in [4.78, 5) is 23.2. The van der Waals surface area contributed by atoms with Crippen molar-refractivity contribution < 1.29 is 104 Å². The zero-order valence-corrected chi connectivity index (χ0v) is 29.8. The fourth-order valence-electron chi connectivity index (χ4n) is 3.30. The van der Waals surface area contributed by atoms with E-state index in [0.717, 1.165) is 31.5 Å². The normalized spacial score (nSPS) is 19.4. The van der Waals surface area contributed by atoms with E-state index in [1.54, 1.807) is 13.8 Å². The summed E-state index contributed by atoms with van der Waals surface area (Å²) >= 11 is 0. The molecule has 0 aromatic carbocycles. The summed E-state index contributed by atoms with van der Waals surface area (Å²) in [6.07, 6.45) is 4.26. The molecule has 1 aliphatic carbocycles. The monoisotopic (exact) mass is 666 g/mol. The van der Waals surface area contributed by atoms with Gasteiger partial charge in [0.25, 0.3) is 0 Å². The first-order valence-electron chi connectivity index (χ1n) is 12.3. The van der Waals surface area contributed by atoms with Gasteiger partial charge in [-0.3, -0.25) is 4.79 Å².